The summed E-state index contributed by atoms with van der Waals surface area (Å²) in [5.74, 6) is 0. The number of ether oxygens (including phenoxy) is 5. The van der Waals surface area contributed by atoms with Crippen molar-refractivity contribution in [2.75, 3.05) is 73.1 Å². The van der Waals surface area contributed by atoms with Crippen LogP contribution in [0.1, 0.15) is 17.2 Å². The van der Waals surface area contributed by atoms with E-state index in [-0.39, 0.29) is 12.1 Å². The first kappa shape index (κ1) is 23.9. The average Bonchev–Trinajstić information content (AvgIpc) is 2.79. The molecular weight excluding hydrogens is 394 g/mol. The number of hydrogen-bond donors (Lipinski definition) is 0. The topological polar surface area (TPSA) is 49.4 Å². The molecule has 0 aromatic heterocycles. The maximum Gasteiger partial charge on any atom is 0.0830 e. The Morgan fingerprint density at radius 1 is 0.677 bits per heavy atom. The smallest absolute Gasteiger partial charge is 0.0830 e. The van der Waals surface area contributed by atoms with Crippen molar-refractivity contribution in [3.05, 3.63) is 71.8 Å². The molecule has 170 valence electrons. The highest BCUT2D eigenvalue weighted by atomic mass is 16.6. The maximum absolute atomic E-state index is 5.97. The second-order valence-corrected chi connectivity index (χ2v) is 7.50. The molecule has 31 heavy (non-hydrogen) atoms. The Balaban J connectivity index is 1.26. The second kappa shape index (κ2) is 14.3. The molecule has 1 saturated heterocycles. The van der Waals surface area contributed by atoms with Crippen LogP contribution in [0.3, 0.4) is 0 Å². The first-order valence-corrected chi connectivity index (χ1v) is 11.1. The molecule has 3 rings (SSSR count). The fourth-order valence-corrected chi connectivity index (χ4v) is 3.63. The van der Waals surface area contributed by atoms with Crippen molar-refractivity contribution in [3.63, 3.8) is 0 Å². The Kier molecular flexibility index (Phi) is 11.0. The molecule has 1 heterocycles. The Morgan fingerprint density at radius 2 is 1.13 bits per heavy atom. The summed E-state index contributed by atoms with van der Waals surface area (Å²) >= 11 is 0. The van der Waals surface area contributed by atoms with Crippen molar-refractivity contribution in [1.29, 1.82) is 0 Å². The quantitative estimate of drug-likeness (QED) is 0.382. The molecule has 1 aliphatic rings. The van der Waals surface area contributed by atoms with Crippen LogP contribution in [0.2, 0.25) is 0 Å². The molecule has 2 aromatic rings. The van der Waals surface area contributed by atoms with Gasteiger partial charge in [-0.2, -0.15) is 0 Å². The molecule has 0 saturated carbocycles. The van der Waals surface area contributed by atoms with E-state index in [0.29, 0.717) is 52.9 Å². The molecule has 0 spiro atoms. The lowest BCUT2D eigenvalue weighted by molar-refractivity contribution is -0.0836. The Hall–Kier alpha value is -1.80. The van der Waals surface area contributed by atoms with Gasteiger partial charge in [-0.1, -0.05) is 60.7 Å². The zero-order valence-corrected chi connectivity index (χ0v) is 18.5. The van der Waals surface area contributed by atoms with Crippen molar-refractivity contribution in [3.8, 4) is 0 Å². The standard InChI is InChI=1S/C25H35NO5/c1-27-12-13-28-14-15-29-16-17-30-18-19-31-24-20-26(21-24)25(22-8-4-2-5-9-22)23-10-6-3-7-11-23/h2-11,24-25H,12-21H2,1H3. The highest BCUT2D eigenvalue weighted by Crippen LogP contribution is 2.32. The van der Waals surface area contributed by atoms with Crippen LogP contribution < -0.4 is 0 Å². The van der Waals surface area contributed by atoms with Gasteiger partial charge < -0.3 is 23.7 Å². The highest BCUT2D eigenvalue weighted by Gasteiger charge is 2.34. The van der Waals surface area contributed by atoms with Crippen LogP contribution in [0.5, 0.6) is 0 Å². The number of benzene rings is 2. The fraction of sp³-hybridized carbons (Fsp3) is 0.520. The predicted molar refractivity (Wildman–Crippen MR) is 120 cm³/mol. The monoisotopic (exact) mass is 429 g/mol. The van der Waals surface area contributed by atoms with Crippen LogP contribution in [-0.4, -0.2) is 84.1 Å². The highest BCUT2D eigenvalue weighted by molar-refractivity contribution is 5.32. The SMILES string of the molecule is COCCOCCOCCOCCOC1CN(C(c2ccccc2)c2ccccc2)C1. The summed E-state index contributed by atoms with van der Waals surface area (Å²) in [6, 6.07) is 21.6. The molecule has 2 aromatic carbocycles. The van der Waals surface area contributed by atoms with Gasteiger partial charge in [0.05, 0.1) is 65.0 Å². The lowest BCUT2D eigenvalue weighted by atomic mass is 9.94. The number of hydrogen-bond acceptors (Lipinski definition) is 6. The third-order valence-electron chi connectivity index (χ3n) is 5.23. The van der Waals surface area contributed by atoms with E-state index < -0.39 is 0 Å². The molecule has 0 amide bonds. The summed E-state index contributed by atoms with van der Waals surface area (Å²) in [5, 5.41) is 0. The van der Waals surface area contributed by atoms with Crippen molar-refractivity contribution in [1.82, 2.24) is 4.90 Å². The largest absolute Gasteiger partial charge is 0.382 e. The predicted octanol–water partition coefficient (Wildman–Crippen LogP) is 3.17. The summed E-state index contributed by atoms with van der Waals surface area (Å²) in [4.78, 5) is 2.47. The van der Waals surface area contributed by atoms with Crippen LogP contribution >= 0.6 is 0 Å². The molecule has 0 radical (unpaired) electrons. The molecule has 0 bridgehead atoms. The fourth-order valence-electron chi connectivity index (χ4n) is 3.63. The maximum atomic E-state index is 5.97. The number of rotatable bonds is 16. The van der Waals surface area contributed by atoms with E-state index in [4.69, 9.17) is 23.7 Å². The van der Waals surface area contributed by atoms with Crippen LogP contribution in [0.4, 0.5) is 0 Å². The van der Waals surface area contributed by atoms with E-state index in [2.05, 4.69) is 65.6 Å². The molecule has 1 fully saturated rings. The van der Waals surface area contributed by atoms with Gasteiger partial charge in [-0.15, -0.1) is 0 Å². The van der Waals surface area contributed by atoms with E-state index in [0.717, 1.165) is 13.1 Å². The third-order valence-corrected chi connectivity index (χ3v) is 5.23. The van der Waals surface area contributed by atoms with E-state index in [9.17, 15) is 0 Å². The van der Waals surface area contributed by atoms with Crippen molar-refractivity contribution in [2.45, 2.75) is 12.1 Å². The summed E-state index contributed by atoms with van der Waals surface area (Å²) in [6.45, 7) is 6.57. The van der Waals surface area contributed by atoms with E-state index in [1.165, 1.54) is 11.1 Å². The molecule has 6 nitrogen and oxygen atoms in total. The van der Waals surface area contributed by atoms with Crippen LogP contribution in [0, 0.1) is 0 Å². The van der Waals surface area contributed by atoms with Gasteiger partial charge in [0.25, 0.3) is 0 Å². The van der Waals surface area contributed by atoms with Crippen LogP contribution in [0.15, 0.2) is 60.7 Å². The van der Waals surface area contributed by atoms with Gasteiger partial charge in [-0.3, -0.25) is 4.90 Å². The number of nitrogens with zero attached hydrogens (tertiary/aromatic N) is 1. The lowest BCUT2D eigenvalue weighted by Crippen LogP contribution is -2.53. The first-order chi connectivity index (χ1) is 15.4. The number of methoxy groups -OCH3 is 1. The van der Waals surface area contributed by atoms with E-state index >= 15 is 0 Å². The molecule has 0 unspecified atom stereocenters. The van der Waals surface area contributed by atoms with E-state index in [1.807, 2.05) is 0 Å². The Morgan fingerprint density at radius 3 is 1.61 bits per heavy atom. The van der Waals surface area contributed by atoms with Crippen LogP contribution in [-0.2, 0) is 23.7 Å². The zero-order chi connectivity index (χ0) is 21.6. The van der Waals surface area contributed by atoms with Crippen molar-refractivity contribution >= 4 is 0 Å². The molecule has 0 aliphatic carbocycles. The Bertz CT molecular complexity index is 654. The average molecular weight is 430 g/mol. The van der Waals surface area contributed by atoms with Crippen molar-refractivity contribution in [2.24, 2.45) is 0 Å². The van der Waals surface area contributed by atoms with Crippen molar-refractivity contribution < 1.29 is 23.7 Å². The molecule has 0 N–H and O–H groups in total. The minimum atomic E-state index is 0.263. The first-order valence-electron chi connectivity index (χ1n) is 11.1. The Labute approximate surface area is 186 Å². The summed E-state index contributed by atoms with van der Waals surface area (Å²) in [6.07, 6.45) is 0.263. The molecule has 6 heteroatoms. The van der Waals surface area contributed by atoms with Gasteiger partial charge in [-0.25, -0.2) is 0 Å². The normalized spacial score (nSPS) is 14.8. The van der Waals surface area contributed by atoms with Crippen LogP contribution in [0.25, 0.3) is 0 Å². The molecule has 0 atom stereocenters. The van der Waals surface area contributed by atoms with Gasteiger partial charge in [0.15, 0.2) is 0 Å². The molecule has 1 aliphatic heterocycles. The summed E-state index contributed by atoms with van der Waals surface area (Å²) in [7, 11) is 1.66. The lowest BCUT2D eigenvalue weighted by Gasteiger charge is -2.44. The zero-order valence-electron chi connectivity index (χ0n) is 18.5. The van der Waals surface area contributed by atoms with Gasteiger partial charge in [0, 0.05) is 20.2 Å². The van der Waals surface area contributed by atoms with E-state index in [1.54, 1.807) is 7.11 Å². The molecular formula is C25H35NO5. The minimum Gasteiger partial charge on any atom is -0.382 e. The number of likely N-dealkylation sites (tertiary alicyclic amines) is 1. The third kappa shape index (κ3) is 8.33. The van der Waals surface area contributed by atoms with Gasteiger partial charge in [-0.05, 0) is 11.1 Å². The van der Waals surface area contributed by atoms with Gasteiger partial charge in [0.2, 0.25) is 0 Å². The minimum absolute atomic E-state index is 0.263. The van der Waals surface area contributed by atoms with Gasteiger partial charge >= 0.3 is 0 Å². The second-order valence-electron chi connectivity index (χ2n) is 7.50. The van der Waals surface area contributed by atoms with Gasteiger partial charge in [0.1, 0.15) is 0 Å². The summed E-state index contributed by atoms with van der Waals surface area (Å²) < 4.78 is 27.3. The summed E-state index contributed by atoms with van der Waals surface area (Å²) in [5.41, 5.74) is 2.64.